The molecule has 1 aliphatic heterocycles. The van der Waals surface area contributed by atoms with E-state index in [9.17, 15) is 4.79 Å². The number of amides is 1. The van der Waals surface area contributed by atoms with E-state index in [0.717, 1.165) is 25.7 Å². The summed E-state index contributed by atoms with van der Waals surface area (Å²) in [5.74, 6) is 1.63. The van der Waals surface area contributed by atoms with E-state index in [1.54, 1.807) is 17.0 Å². The van der Waals surface area contributed by atoms with E-state index >= 15 is 0 Å². The van der Waals surface area contributed by atoms with Crippen LogP contribution in [0.5, 0.6) is 0 Å². The van der Waals surface area contributed by atoms with Crippen LogP contribution in [-0.2, 0) is 0 Å². The molecule has 0 spiro atoms. The Bertz CT molecular complexity index is 696. The topological polar surface area (TPSA) is 72.1 Å². The summed E-state index contributed by atoms with van der Waals surface area (Å²) in [6.45, 7) is 0.682. The van der Waals surface area contributed by atoms with Crippen molar-refractivity contribution >= 4 is 17.5 Å². The largest absolute Gasteiger partial charge is 0.339 e. The Balaban J connectivity index is 1.56. The van der Waals surface area contributed by atoms with Crippen molar-refractivity contribution in [2.75, 3.05) is 6.54 Å². The number of likely N-dealkylation sites (tertiary alicyclic amines) is 1. The van der Waals surface area contributed by atoms with Gasteiger partial charge in [0.15, 0.2) is 5.82 Å². The van der Waals surface area contributed by atoms with E-state index in [4.69, 9.17) is 16.1 Å². The molecule has 0 bridgehead atoms. The van der Waals surface area contributed by atoms with Crippen molar-refractivity contribution in [3.05, 3.63) is 40.8 Å². The average molecular weight is 319 g/mol. The molecule has 7 heteroatoms. The van der Waals surface area contributed by atoms with E-state index in [2.05, 4.69) is 15.1 Å². The predicted octanol–water partition coefficient (Wildman–Crippen LogP) is 2.97. The summed E-state index contributed by atoms with van der Waals surface area (Å²) in [6, 6.07) is 3.19. The number of carbonyl (C=O) groups excluding carboxylic acids is 1. The first-order valence-electron chi connectivity index (χ1n) is 7.48. The van der Waals surface area contributed by atoms with Crippen LogP contribution in [0.2, 0.25) is 5.02 Å². The number of hydrogen-bond donors (Lipinski definition) is 0. The summed E-state index contributed by atoms with van der Waals surface area (Å²) < 4.78 is 5.32. The molecule has 0 N–H and O–H groups in total. The van der Waals surface area contributed by atoms with Crippen LogP contribution in [0.3, 0.4) is 0 Å². The van der Waals surface area contributed by atoms with Crippen LogP contribution in [0.25, 0.3) is 0 Å². The molecular weight excluding hydrogens is 304 g/mol. The van der Waals surface area contributed by atoms with Crippen LogP contribution in [0.4, 0.5) is 0 Å². The van der Waals surface area contributed by atoms with Crippen LogP contribution in [-0.4, -0.2) is 32.5 Å². The number of aromatic nitrogens is 3. The molecule has 2 aromatic heterocycles. The zero-order chi connectivity index (χ0) is 15.1. The Kier molecular flexibility index (Phi) is 3.33. The fraction of sp³-hybridized carbons (Fsp3) is 0.467. The third-order valence-electron chi connectivity index (χ3n) is 4.14. The van der Waals surface area contributed by atoms with Crippen LogP contribution >= 0.6 is 11.6 Å². The van der Waals surface area contributed by atoms with Crippen LogP contribution in [0.15, 0.2) is 22.9 Å². The fourth-order valence-electron chi connectivity index (χ4n) is 2.81. The summed E-state index contributed by atoms with van der Waals surface area (Å²) in [7, 11) is 0. The van der Waals surface area contributed by atoms with Crippen LogP contribution in [0, 0.1) is 0 Å². The second-order valence-electron chi connectivity index (χ2n) is 5.78. The van der Waals surface area contributed by atoms with E-state index in [1.165, 1.54) is 6.20 Å². The van der Waals surface area contributed by atoms with Gasteiger partial charge in [0.25, 0.3) is 5.91 Å². The monoisotopic (exact) mass is 318 g/mol. The SMILES string of the molecule is O=C(c1ccc(Cl)cn1)N1CCC[C@@H]1c1noc(C2CC2)n1. The molecule has 1 aliphatic carbocycles. The number of rotatable bonds is 3. The molecule has 0 radical (unpaired) electrons. The number of hydrogen-bond acceptors (Lipinski definition) is 5. The zero-order valence-electron chi connectivity index (χ0n) is 11.9. The highest BCUT2D eigenvalue weighted by Crippen LogP contribution is 2.40. The Morgan fingerprint density at radius 2 is 2.18 bits per heavy atom. The maximum atomic E-state index is 12.6. The molecule has 1 atom stereocenters. The lowest BCUT2D eigenvalue weighted by Crippen LogP contribution is -2.31. The quantitative estimate of drug-likeness (QED) is 0.870. The van der Waals surface area contributed by atoms with E-state index < -0.39 is 0 Å². The lowest BCUT2D eigenvalue weighted by molar-refractivity contribution is 0.0722. The molecule has 22 heavy (non-hydrogen) atoms. The molecule has 0 aromatic carbocycles. The first-order valence-corrected chi connectivity index (χ1v) is 7.86. The predicted molar refractivity (Wildman–Crippen MR) is 78.5 cm³/mol. The maximum Gasteiger partial charge on any atom is 0.273 e. The second-order valence-corrected chi connectivity index (χ2v) is 6.22. The third kappa shape index (κ3) is 2.47. The van der Waals surface area contributed by atoms with Crippen molar-refractivity contribution in [3.63, 3.8) is 0 Å². The molecule has 4 rings (SSSR count). The van der Waals surface area contributed by atoms with Gasteiger partial charge in [0.2, 0.25) is 5.89 Å². The van der Waals surface area contributed by atoms with Gasteiger partial charge in [0, 0.05) is 18.7 Å². The van der Waals surface area contributed by atoms with Gasteiger partial charge >= 0.3 is 0 Å². The van der Waals surface area contributed by atoms with Gasteiger partial charge in [-0.05, 0) is 37.8 Å². The van der Waals surface area contributed by atoms with Gasteiger partial charge < -0.3 is 9.42 Å². The van der Waals surface area contributed by atoms with Crippen molar-refractivity contribution in [2.24, 2.45) is 0 Å². The molecule has 2 aliphatic rings. The summed E-state index contributed by atoms with van der Waals surface area (Å²) in [4.78, 5) is 23.0. The summed E-state index contributed by atoms with van der Waals surface area (Å²) >= 11 is 5.82. The first kappa shape index (κ1) is 13.7. The standard InChI is InChI=1S/C15H15ClN4O2/c16-10-5-6-11(17-8-10)15(21)20-7-1-2-12(20)13-18-14(22-19-13)9-3-4-9/h5-6,8-9,12H,1-4,7H2/t12-/m1/s1. The Labute approximate surface area is 132 Å². The average Bonchev–Trinajstić information content (AvgIpc) is 3.08. The van der Waals surface area contributed by atoms with Crippen LogP contribution in [0.1, 0.15) is 59.8 Å². The molecule has 2 fully saturated rings. The Hall–Kier alpha value is -1.95. The van der Waals surface area contributed by atoms with Gasteiger partial charge in [-0.3, -0.25) is 4.79 Å². The minimum atomic E-state index is -0.124. The van der Waals surface area contributed by atoms with Gasteiger partial charge in [-0.1, -0.05) is 16.8 Å². The van der Waals surface area contributed by atoms with E-state index in [1.807, 2.05) is 0 Å². The molecule has 1 saturated heterocycles. The van der Waals surface area contributed by atoms with Crippen LogP contribution < -0.4 is 0 Å². The molecule has 1 saturated carbocycles. The lowest BCUT2D eigenvalue weighted by atomic mass is 10.2. The zero-order valence-corrected chi connectivity index (χ0v) is 12.7. The normalized spacial score (nSPS) is 21.3. The molecule has 0 unspecified atom stereocenters. The van der Waals surface area contributed by atoms with Gasteiger partial charge in [-0.25, -0.2) is 4.98 Å². The summed E-state index contributed by atoms with van der Waals surface area (Å²) in [6.07, 6.45) is 5.49. The molecule has 114 valence electrons. The molecular formula is C15H15ClN4O2. The number of nitrogens with zero attached hydrogens (tertiary/aromatic N) is 4. The van der Waals surface area contributed by atoms with Crippen molar-refractivity contribution < 1.29 is 9.32 Å². The molecule has 6 nitrogen and oxygen atoms in total. The van der Waals surface area contributed by atoms with Crippen molar-refractivity contribution in [1.82, 2.24) is 20.0 Å². The van der Waals surface area contributed by atoms with Crippen molar-refractivity contribution in [1.29, 1.82) is 0 Å². The highest BCUT2D eigenvalue weighted by Gasteiger charge is 2.36. The highest BCUT2D eigenvalue weighted by atomic mass is 35.5. The van der Waals surface area contributed by atoms with E-state index in [0.29, 0.717) is 34.9 Å². The van der Waals surface area contributed by atoms with E-state index in [-0.39, 0.29) is 11.9 Å². The molecule has 3 heterocycles. The molecule has 1 amide bonds. The summed E-state index contributed by atoms with van der Waals surface area (Å²) in [5.41, 5.74) is 0.391. The summed E-state index contributed by atoms with van der Waals surface area (Å²) in [5, 5.41) is 4.59. The Morgan fingerprint density at radius 3 is 2.91 bits per heavy atom. The fourth-order valence-corrected chi connectivity index (χ4v) is 2.92. The second kappa shape index (κ2) is 5.35. The number of carbonyl (C=O) groups is 1. The lowest BCUT2D eigenvalue weighted by Gasteiger charge is -2.21. The van der Waals surface area contributed by atoms with Gasteiger partial charge in [-0.15, -0.1) is 0 Å². The number of pyridine rings is 1. The number of halogens is 1. The minimum absolute atomic E-state index is 0.114. The van der Waals surface area contributed by atoms with Crippen molar-refractivity contribution in [3.8, 4) is 0 Å². The van der Waals surface area contributed by atoms with Gasteiger partial charge in [0.05, 0.1) is 11.1 Å². The highest BCUT2D eigenvalue weighted by molar-refractivity contribution is 6.30. The Morgan fingerprint density at radius 1 is 1.32 bits per heavy atom. The van der Waals surface area contributed by atoms with Crippen molar-refractivity contribution in [2.45, 2.75) is 37.6 Å². The molecule has 2 aromatic rings. The maximum absolute atomic E-state index is 12.6. The van der Waals surface area contributed by atoms with Gasteiger partial charge in [0.1, 0.15) is 5.69 Å². The first-order chi connectivity index (χ1) is 10.7. The van der Waals surface area contributed by atoms with Gasteiger partial charge in [-0.2, -0.15) is 4.98 Å². The smallest absolute Gasteiger partial charge is 0.273 e. The minimum Gasteiger partial charge on any atom is -0.339 e. The third-order valence-corrected chi connectivity index (χ3v) is 4.37.